The van der Waals surface area contributed by atoms with Crippen molar-refractivity contribution in [2.75, 3.05) is 6.61 Å². The molecule has 2 saturated carbocycles. The lowest BCUT2D eigenvalue weighted by Crippen LogP contribution is -2.53. The lowest BCUT2D eigenvalue weighted by Gasteiger charge is -2.42. The molecule has 1 aliphatic heterocycles. The van der Waals surface area contributed by atoms with E-state index in [2.05, 4.69) is 19.2 Å². The van der Waals surface area contributed by atoms with Gasteiger partial charge < -0.3 is 10.1 Å². The third kappa shape index (κ3) is 2.53. The van der Waals surface area contributed by atoms with Gasteiger partial charge in [-0.1, -0.05) is 12.8 Å². The number of nitrogens with one attached hydrogen (secondary N) is 1. The molecule has 0 radical (unpaired) electrons. The first-order valence-corrected chi connectivity index (χ1v) is 7.51. The average Bonchev–Trinajstić information content (AvgIpc) is 3.04. The smallest absolute Gasteiger partial charge is 0.0697 e. The summed E-state index contributed by atoms with van der Waals surface area (Å²) in [6, 6.07) is 0.692. The van der Waals surface area contributed by atoms with Gasteiger partial charge in [-0.2, -0.15) is 0 Å². The van der Waals surface area contributed by atoms with Crippen LogP contribution in [0.3, 0.4) is 0 Å². The number of hydrogen-bond donors (Lipinski definition) is 1. The van der Waals surface area contributed by atoms with Crippen LogP contribution >= 0.6 is 0 Å². The third-order valence-corrected chi connectivity index (χ3v) is 5.18. The second-order valence-electron chi connectivity index (χ2n) is 7.07. The molecular formula is C15H27NO. The van der Waals surface area contributed by atoms with E-state index in [9.17, 15) is 0 Å². The van der Waals surface area contributed by atoms with Crippen LogP contribution in [0.15, 0.2) is 0 Å². The molecule has 0 aromatic heterocycles. The fourth-order valence-electron chi connectivity index (χ4n) is 3.97. The second kappa shape index (κ2) is 4.24. The maximum atomic E-state index is 6.11. The van der Waals surface area contributed by atoms with Crippen LogP contribution in [0, 0.1) is 5.92 Å². The van der Waals surface area contributed by atoms with Crippen molar-refractivity contribution in [3.63, 3.8) is 0 Å². The molecule has 1 atom stereocenters. The minimum Gasteiger partial charge on any atom is -0.375 e. The summed E-state index contributed by atoms with van der Waals surface area (Å²) in [5.74, 6) is 0.921. The molecule has 1 N–H and O–H groups in total. The van der Waals surface area contributed by atoms with Gasteiger partial charge in [-0.15, -0.1) is 0 Å². The average molecular weight is 237 g/mol. The Hall–Kier alpha value is -0.0800. The minimum absolute atomic E-state index is 0.259. The van der Waals surface area contributed by atoms with Crippen molar-refractivity contribution in [2.24, 2.45) is 5.92 Å². The lowest BCUT2D eigenvalue weighted by atomic mass is 9.86. The van der Waals surface area contributed by atoms with Gasteiger partial charge in [0.25, 0.3) is 0 Å². The monoisotopic (exact) mass is 237 g/mol. The second-order valence-corrected chi connectivity index (χ2v) is 7.07. The Morgan fingerprint density at radius 3 is 2.47 bits per heavy atom. The molecule has 2 aliphatic carbocycles. The molecule has 3 rings (SSSR count). The molecule has 0 aromatic carbocycles. The van der Waals surface area contributed by atoms with Gasteiger partial charge in [-0.25, -0.2) is 0 Å². The molecule has 0 bridgehead atoms. The highest BCUT2D eigenvalue weighted by atomic mass is 16.5. The fraction of sp³-hybridized carbons (Fsp3) is 1.00. The van der Waals surface area contributed by atoms with E-state index in [0.717, 1.165) is 12.5 Å². The largest absolute Gasteiger partial charge is 0.375 e. The summed E-state index contributed by atoms with van der Waals surface area (Å²) in [5.41, 5.74) is 0.608. The lowest BCUT2D eigenvalue weighted by molar-refractivity contribution is -0.0866. The summed E-state index contributed by atoms with van der Waals surface area (Å²) in [4.78, 5) is 0. The van der Waals surface area contributed by atoms with E-state index in [0.29, 0.717) is 11.6 Å². The Morgan fingerprint density at radius 2 is 1.82 bits per heavy atom. The van der Waals surface area contributed by atoms with Gasteiger partial charge in [0.1, 0.15) is 0 Å². The molecule has 17 heavy (non-hydrogen) atoms. The van der Waals surface area contributed by atoms with Crippen LogP contribution in [-0.2, 0) is 4.74 Å². The van der Waals surface area contributed by atoms with Crippen LogP contribution in [0.2, 0.25) is 0 Å². The highest BCUT2D eigenvalue weighted by Gasteiger charge is 2.43. The molecule has 1 heterocycles. The van der Waals surface area contributed by atoms with Crippen LogP contribution in [0.5, 0.6) is 0 Å². The number of hydrogen-bond acceptors (Lipinski definition) is 2. The van der Waals surface area contributed by atoms with Crippen molar-refractivity contribution in [2.45, 2.75) is 82.4 Å². The first kappa shape index (κ1) is 12.0. The summed E-state index contributed by atoms with van der Waals surface area (Å²) in [7, 11) is 0. The predicted molar refractivity (Wildman–Crippen MR) is 70.1 cm³/mol. The van der Waals surface area contributed by atoms with Crippen molar-refractivity contribution in [3.8, 4) is 0 Å². The fourth-order valence-corrected chi connectivity index (χ4v) is 3.97. The summed E-state index contributed by atoms with van der Waals surface area (Å²) in [6.45, 7) is 5.75. The van der Waals surface area contributed by atoms with Crippen LogP contribution in [-0.4, -0.2) is 23.8 Å². The molecular weight excluding hydrogens is 210 g/mol. The van der Waals surface area contributed by atoms with Crippen molar-refractivity contribution in [3.05, 3.63) is 0 Å². The Kier molecular flexibility index (Phi) is 2.99. The Labute approximate surface area is 105 Å². The number of rotatable bonds is 3. The van der Waals surface area contributed by atoms with Crippen molar-refractivity contribution in [1.29, 1.82) is 0 Å². The van der Waals surface area contributed by atoms with E-state index >= 15 is 0 Å². The van der Waals surface area contributed by atoms with E-state index in [-0.39, 0.29) is 5.60 Å². The molecule has 3 aliphatic rings. The van der Waals surface area contributed by atoms with E-state index in [1.165, 1.54) is 51.4 Å². The first-order chi connectivity index (χ1) is 8.10. The highest BCUT2D eigenvalue weighted by Crippen LogP contribution is 2.43. The van der Waals surface area contributed by atoms with E-state index in [1.54, 1.807) is 0 Å². The molecule has 3 fully saturated rings. The number of ether oxygens (including phenoxy) is 1. The topological polar surface area (TPSA) is 21.3 Å². The van der Waals surface area contributed by atoms with E-state index in [1.807, 2.05) is 0 Å². The van der Waals surface area contributed by atoms with Crippen LogP contribution < -0.4 is 5.32 Å². The van der Waals surface area contributed by atoms with Gasteiger partial charge in [0.15, 0.2) is 0 Å². The van der Waals surface area contributed by atoms with Crippen molar-refractivity contribution in [1.82, 2.24) is 5.32 Å². The molecule has 0 aromatic rings. The van der Waals surface area contributed by atoms with Gasteiger partial charge >= 0.3 is 0 Å². The summed E-state index contributed by atoms with van der Waals surface area (Å²) in [6.07, 6.45) is 10.7. The van der Waals surface area contributed by atoms with Crippen LogP contribution in [0.25, 0.3) is 0 Å². The Morgan fingerprint density at radius 1 is 1.12 bits per heavy atom. The van der Waals surface area contributed by atoms with Crippen molar-refractivity contribution >= 4 is 0 Å². The van der Waals surface area contributed by atoms with Gasteiger partial charge in [-0.3, -0.25) is 0 Å². The van der Waals surface area contributed by atoms with Crippen LogP contribution in [0.1, 0.15) is 65.2 Å². The molecule has 1 spiro atoms. The van der Waals surface area contributed by atoms with Crippen molar-refractivity contribution < 1.29 is 4.74 Å². The SMILES string of the molecule is CC(C)(NC1CCOC2(CCCC2)C1)C1CC1. The normalized spacial score (nSPS) is 33.2. The standard InChI is InChI=1S/C15H27NO/c1-14(2,12-5-6-12)16-13-7-10-17-15(11-13)8-3-4-9-15/h12-13,16H,3-11H2,1-2H3. The predicted octanol–water partition coefficient (Wildman–Crippen LogP) is 3.26. The first-order valence-electron chi connectivity index (χ1n) is 7.51. The van der Waals surface area contributed by atoms with Gasteiger partial charge in [0, 0.05) is 18.2 Å². The van der Waals surface area contributed by atoms with Gasteiger partial charge in [0.2, 0.25) is 0 Å². The van der Waals surface area contributed by atoms with E-state index < -0.39 is 0 Å². The van der Waals surface area contributed by atoms with Gasteiger partial charge in [0.05, 0.1) is 5.60 Å². The summed E-state index contributed by atoms with van der Waals surface area (Å²) < 4.78 is 6.11. The minimum atomic E-state index is 0.259. The zero-order chi connectivity index (χ0) is 11.9. The van der Waals surface area contributed by atoms with Gasteiger partial charge in [-0.05, 0) is 58.3 Å². The maximum Gasteiger partial charge on any atom is 0.0697 e. The third-order valence-electron chi connectivity index (χ3n) is 5.18. The molecule has 1 unspecified atom stereocenters. The Balaban J connectivity index is 1.60. The van der Waals surface area contributed by atoms with E-state index in [4.69, 9.17) is 4.74 Å². The zero-order valence-corrected chi connectivity index (χ0v) is 11.4. The zero-order valence-electron chi connectivity index (χ0n) is 11.4. The maximum absolute atomic E-state index is 6.11. The highest BCUT2D eigenvalue weighted by molar-refractivity contribution is 5.00. The molecule has 2 nitrogen and oxygen atoms in total. The molecule has 0 amide bonds. The molecule has 1 saturated heterocycles. The quantitative estimate of drug-likeness (QED) is 0.813. The molecule has 98 valence electrons. The summed E-state index contributed by atoms with van der Waals surface area (Å²) >= 11 is 0. The van der Waals surface area contributed by atoms with Crippen LogP contribution in [0.4, 0.5) is 0 Å². The molecule has 2 heteroatoms. The summed E-state index contributed by atoms with van der Waals surface area (Å²) in [5, 5.41) is 3.93. The Bertz CT molecular complexity index is 275.